The first-order chi connectivity index (χ1) is 6.38. The van der Waals surface area contributed by atoms with Crippen molar-refractivity contribution in [3.8, 4) is 0 Å². The molecule has 0 spiro atoms. The van der Waals surface area contributed by atoms with Crippen molar-refractivity contribution in [1.29, 1.82) is 0 Å². The second kappa shape index (κ2) is 3.54. The fourth-order valence-electron chi connectivity index (χ4n) is 0.776. The lowest BCUT2D eigenvalue weighted by molar-refractivity contribution is -0.131. The third-order valence-corrected chi connectivity index (χ3v) is 3.23. The van der Waals surface area contributed by atoms with Crippen LogP contribution in [0.1, 0.15) is 0 Å². The van der Waals surface area contributed by atoms with Crippen LogP contribution in [-0.2, 0) is 19.6 Å². The Labute approximate surface area is 83.8 Å². The summed E-state index contributed by atoms with van der Waals surface area (Å²) in [7, 11) is -4.18. The van der Waals surface area contributed by atoms with Crippen molar-refractivity contribution in [2.45, 2.75) is 0 Å². The smallest absolute Gasteiger partial charge is 0.349 e. The van der Waals surface area contributed by atoms with Crippen LogP contribution in [0.15, 0.2) is 15.4 Å². The van der Waals surface area contributed by atoms with Gasteiger partial charge in [0.05, 0.1) is 0 Å². The van der Waals surface area contributed by atoms with Gasteiger partial charge in [0.2, 0.25) is 5.12 Å². The predicted molar refractivity (Wildman–Crippen MR) is 50.6 cm³/mol. The molecule has 1 N–H and O–H groups in total. The van der Waals surface area contributed by atoms with Crippen LogP contribution < -0.4 is 0 Å². The van der Waals surface area contributed by atoms with Crippen LogP contribution >= 0.6 is 11.8 Å². The number of thioether (sulfide) groups is 1. The normalized spacial score (nSPS) is 18.6. The molecule has 1 heterocycles. The van der Waals surface area contributed by atoms with Crippen LogP contribution in [0.25, 0.3) is 0 Å². The number of allylic oxidation sites excluding steroid dienone is 1. The van der Waals surface area contributed by atoms with Gasteiger partial charge < -0.3 is 5.11 Å². The molecule has 0 amide bonds. The van der Waals surface area contributed by atoms with Gasteiger partial charge in [0, 0.05) is 0 Å². The van der Waals surface area contributed by atoms with Crippen molar-refractivity contribution >= 4 is 38.6 Å². The first-order valence-corrected chi connectivity index (χ1v) is 5.93. The number of hydrogen-bond donors (Lipinski definition) is 1. The molecule has 1 rings (SSSR count). The summed E-state index contributed by atoms with van der Waals surface area (Å²) in [6.45, 7) is 0. The number of carbonyl (C=O) groups excluding carboxylic acids is 1. The van der Waals surface area contributed by atoms with Crippen LogP contribution in [-0.4, -0.2) is 36.6 Å². The number of hydrogen-bond acceptors (Lipinski definition) is 5. The monoisotopic (exact) mass is 235 g/mol. The number of carbonyl (C=O) groups is 2. The van der Waals surface area contributed by atoms with E-state index in [-0.39, 0.29) is 5.71 Å². The highest BCUT2D eigenvalue weighted by molar-refractivity contribution is 8.15. The molecular formula is C6H5NO5S2. The Morgan fingerprint density at radius 2 is 2.07 bits per heavy atom. The number of rotatable bonds is 2. The molecule has 8 heteroatoms. The molecule has 0 unspecified atom stereocenters. The highest BCUT2D eigenvalue weighted by Crippen LogP contribution is 2.19. The summed E-state index contributed by atoms with van der Waals surface area (Å²) in [6.07, 6.45) is 2.21. The van der Waals surface area contributed by atoms with Gasteiger partial charge >= 0.3 is 5.97 Å². The second-order valence-corrected chi connectivity index (χ2v) is 4.61. The lowest BCUT2D eigenvalue weighted by Gasteiger charge is -1.89. The van der Waals surface area contributed by atoms with Crippen LogP contribution in [0.4, 0.5) is 0 Å². The van der Waals surface area contributed by atoms with E-state index in [0.29, 0.717) is 0 Å². The van der Waals surface area contributed by atoms with E-state index in [9.17, 15) is 18.0 Å². The number of sulfonamides is 1. The molecule has 0 atom stereocenters. The van der Waals surface area contributed by atoms with E-state index in [2.05, 4.69) is 4.40 Å². The van der Waals surface area contributed by atoms with Crippen LogP contribution in [0, 0.1) is 0 Å². The summed E-state index contributed by atoms with van der Waals surface area (Å²) in [5.41, 5.74) is -0.352. The molecule has 0 saturated carbocycles. The number of nitrogens with zero attached hydrogens (tertiary/aromatic N) is 1. The minimum atomic E-state index is -4.18. The summed E-state index contributed by atoms with van der Waals surface area (Å²) in [5.74, 6) is -1.61. The number of aliphatic carboxylic acids is 1. The maximum atomic E-state index is 11.0. The largest absolute Gasteiger partial charge is 0.477 e. The Kier molecular flexibility index (Phi) is 2.76. The fourth-order valence-corrected chi connectivity index (χ4v) is 2.12. The summed E-state index contributed by atoms with van der Waals surface area (Å²) >= 11 is 0.765. The van der Waals surface area contributed by atoms with E-state index in [1.54, 1.807) is 0 Å². The van der Waals surface area contributed by atoms with Crippen molar-refractivity contribution in [3.63, 3.8) is 0 Å². The third kappa shape index (κ3) is 1.85. The highest BCUT2D eigenvalue weighted by atomic mass is 32.2. The van der Waals surface area contributed by atoms with Gasteiger partial charge in [-0.3, -0.25) is 4.79 Å². The molecule has 14 heavy (non-hydrogen) atoms. The lowest BCUT2D eigenvalue weighted by atomic mass is 10.3. The van der Waals surface area contributed by atoms with Crippen molar-refractivity contribution in [1.82, 2.24) is 0 Å². The van der Waals surface area contributed by atoms with Gasteiger partial charge in [0.25, 0.3) is 10.0 Å². The zero-order valence-electron chi connectivity index (χ0n) is 6.92. The van der Waals surface area contributed by atoms with Gasteiger partial charge in [-0.1, -0.05) is 11.8 Å². The average molecular weight is 235 g/mol. The molecule has 0 fully saturated rings. The molecule has 0 aromatic heterocycles. The van der Waals surface area contributed by atoms with Gasteiger partial charge in [-0.25, -0.2) is 4.79 Å². The standard InChI is InChI=1S/C6H5NO5S2/c1-13-6(10)3-2-4(5(8)9)14(11,12)7-3/h2H,1H3,(H,8,9). The summed E-state index contributed by atoms with van der Waals surface area (Å²) < 4.78 is 25.1. The maximum absolute atomic E-state index is 11.0. The predicted octanol–water partition coefficient (Wildman–Crippen LogP) is -0.371. The molecule has 0 bridgehead atoms. The van der Waals surface area contributed by atoms with Crippen molar-refractivity contribution in [2.24, 2.45) is 4.40 Å². The molecule has 76 valence electrons. The zero-order valence-corrected chi connectivity index (χ0v) is 8.55. The van der Waals surface area contributed by atoms with Gasteiger partial charge in [-0.15, -0.1) is 0 Å². The van der Waals surface area contributed by atoms with Crippen molar-refractivity contribution < 1.29 is 23.1 Å². The maximum Gasteiger partial charge on any atom is 0.349 e. The Balaban J connectivity index is 3.20. The number of carboxylic acids is 1. The minimum Gasteiger partial charge on any atom is -0.477 e. The Hall–Kier alpha value is -1.15. The molecule has 0 radical (unpaired) electrons. The van der Waals surface area contributed by atoms with E-state index < -0.39 is 26.0 Å². The van der Waals surface area contributed by atoms with Crippen molar-refractivity contribution in [2.75, 3.05) is 6.26 Å². The Bertz CT molecular complexity index is 459. The number of carboxylic acid groups (broad SMARTS) is 1. The third-order valence-electron chi connectivity index (χ3n) is 1.37. The molecule has 1 aliphatic heterocycles. The first kappa shape index (κ1) is 10.9. The van der Waals surface area contributed by atoms with E-state index in [0.717, 1.165) is 17.8 Å². The Morgan fingerprint density at radius 3 is 2.43 bits per heavy atom. The van der Waals surface area contributed by atoms with E-state index in [1.165, 1.54) is 6.26 Å². The van der Waals surface area contributed by atoms with E-state index in [4.69, 9.17) is 5.11 Å². The lowest BCUT2D eigenvalue weighted by Crippen LogP contribution is -2.07. The summed E-state index contributed by atoms with van der Waals surface area (Å²) in [6, 6.07) is 0. The first-order valence-electron chi connectivity index (χ1n) is 3.27. The minimum absolute atomic E-state index is 0.352. The van der Waals surface area contributed by atoms with Crippen LogP contribution in [0.5, 0.6) is 0 Å². The van der Waals surface area contributed by atoms with E-state index >= 15 is 0 Å². The molecular weight excluding hydrogens is 230 g/mol. The zero-order chi connectivity index (χ0) is 10.9. The highest BCUT2D eigenvalue weighted by Gasteiger charge is 2.32. The average Bonchev–Trinajstić information content (AvgIpc) is 2.40. The molecule has 0 aliphatic carbocycles. The van der Waals surface area contributed by atoms with Crippen LogP contribution in [0.3, 0.4) is 0 Å². The Morgan fingerprint density at radius 1 is 1.50 bits per heavy atom. The second-order valence-electron chi connectivity index (χ2n) is 2.26. The summed E-state index contributed by atoms with van der Waals surface area (Å²) in [4.78, 5) is 20.6. The molecule has 6 nitrogen and oxygen atoms in total. The van der Waals surface area contributed by atoms with Gasteiger partial charge in [0.15, 0.2) is 4.91 Å². The molecule has 0 aromatic carbocycles. The van der Waals surface area contributed by atoms with Crippen LogP contribution in [0.2, 0.25) is 0 Å². The van der Waals surface area contributed by atoms with Gasteiger partial charge in [0.1, 0.15) is 5.71 Å². The topological polar surface area (TPSA) is 101 Å². The quantitative estimate of drug-likeness (QED) is 0.700. The SMILES string of the molecule is CSC(=O)C1=NS(=O)(=O)C(C(=O)O)=C1. The molecule has 0 aromatic rings. The molecule has 0 saturated heterocycles. The molecule has 1 aliphatic rings. The van der Waals surface area contributed by atoms with Crippen molar-refractivity contribution in [3.05, 3.63) is 11.0 Å². The van der Waals surface area contributed by atoms with E-state index in [1.807, 2.05) is 0 Å². The fraction of sp³-hybridized carbons (Fsp3) is 0.167. The van der Waals surface area contributed by atoms with Gasteiger partial charge in [-0.05, 0) is 12.3 Å². The van der Waals surface area contributed by atoms with Gasteiger partial charge in [-0.2, -0.15) is 12.8 Å². The summed E-state index contributed by atoms with van der Waals surface area (Å²) in [5, 5.41) is 7.90.